The van der Waals surface area contributed by atoms with Crippen LogP contribution in [0.15, 0.2) is 16.9 Å². The number of H-pyrrole nitrogens is 1. The number of piperidine rings is 1. The Morgan fingerprint density at radius 3 is 2.70 bits per heavy atom. The normalized spacial score (nSPS) is 26.0. The highest BCUT2D eigenvalue weighted by atomic mass is 16.2. The average molecular weight is 275 g/mol. The lowest BCUT2D eigenvalue weighted by Crippen LogP contribution is -2.51. The fourth-order valence-electron chi connectivity index (χ4n) is 2.97. The number of carbonyl (C=O) groups is 2. The SMILES string of the molecule is O=C1CCC(NC2CCCc3[nH]c(=O)ccc32)C(=O)N1. The smallest absolute Gasteiger partial charge is 0.248 e. The predicted octanol–water partition coefficient (Wildman–Crippen LogP) is 0.147. The number of rotatable bonds is 2. The number of carbonyl (C=O) groups excluding carboxylic acids is 2. The maximum absolute atomic E-state index is 11.8. The molecule has 1 aromatic heterocycles. The Kier molecular flexibility index (Phi) is 3.40. The zero-order valence-electron chi connectivity index (χ0n) is 11.1. The second kappa shape index (κ2) is 5.20. The summed E-state index contributed by atoms with van der Waals surface area (Å²) in [6.07, 6.45) is 3.65. The summed E-state index contributed by atoms with van der Waals surface area (Å²) in [5, 5.41) is 5.67. The number of aromatic amines is 1. The molecule has 106 valence electrons. The van der Waals surface area contributed by atoms with Gasteiger partial charge in [-0.25, -0.2) is 0 Å². The van der Waals surface area contributed by atoms with Gasteiger partial charge in [0.05, 0.1) is 6.04 Å². The predicted molar refractivity (Wildman–Crippen MR) is 72.0 cm³/mol. The van der Waals surface area contributed by atoms with Crippen LogP contribution in [0.1, 0.15) is 43.0 Å². The van der Waals surface area contributed by atoms with E-state index in [-0.39, 0.29) is 29.5 Å². The van der Waals surface area contributed by atoms with Crippen molar-refractivity contribution in [2.45, 2.75) is 44.2 Å². The van der Waals surface area contributed by atoms with Gasteiger partial charge in [-0.3, -0.25) is 25.0 Å². The monoisotopic (exact) mass is 275 g/mol. The molecular weight excluding hydrogens is 258 g/mol. The third-order valence-corrected chi connectivity index (χ3v) is 3.97. The van der Waals surface area contributed by atoms with E-state index in [4.69, 9.17) is 0 Å². The summed E-state index contributed by atoms with van der Waals surface area (Å²) < 4.78 is 0. The van der Waals surface area contributed by atoms with Gasteiger partial charge >= 0.3 is 0 Å². The molecule has 6 heteroatoms. The van der Waals surface area contributed by atoms with Crippen LogP contribution in [0.4, 0.5) is 0 Å². The molecule has 0 spiro atoms. The van der Waals surface area contributed by atoms with Gasteiger partial charge in [0.15, 0.2) is 0 Å². The Hall–Kier alpha value is -1.95. The number of hydrogen-bond donors (Lipinski definition) is 3. The zero-order valence-corrected chi connectivity index (χ0v) is 11.1. The highest BCUT2D eigenvalue weighted by Gasteiger charge is 2.30. The Labute approximate surface area is 116 Å². The summed E-state index contributed by atoms with van der Waals surface area (Å²) in [6, 6.07) is 3.07. The lowest BCUT2D eigenvalue weighted by Gasteiger charge is -2.31. The fourth-order valence-corrected chi connectivity index (χ4v) is 2.97. The molecule has 1 aliphatic heterocycles. The average Bonchev–Trinajstić information content (AvgIpc) is 2.41. The summed E-state index contributed by atoms with van der Waals surface area (Å²) in [7, 11) is 0. The number of hydrogen-bond acceptors (Lipinski definition) is 4. The quantitative estimate of drug-likeness (QED) is 0.670. The van der Waals surface area contributed by atoms with Crippen molar-refractivity contribution < 1.29 is 9.59 Å². The molecule has 2 atom stereocenters. The van der Waals surface area contributed by atoms with Gasteiger partial charge in [0.1, 0.15) is 0 Å². The van der Waals surface area contributed by atoms with E-state index in [1.807, 2.05) is 6.07 Å². The molecule has 20 heavy (non-hydrogen) atoms. The number of nitrogens with one attached hydrogen (secondary N) is 3. The van der Waals surface area contributed by atoms with Crippen LogP contribution in [0, 0.1) is 0 Å². The van der Waals surface area contributed by atoms with Gasteiger partial charge < -0.3 is 4.98 Å². The number of aromatic nitrogens is 1. The molecule has 2 amide bonds. The van der Waals surface area contributed by atoms with Gasteiger partial charge in [-0.1, -0.05) is 6.07 Å². The van der Waals surface area contributed by atoms with Crippen LogP contribution in [0.25, 0.3) is 0 Å². The molecule has 1 aliphatic carbocycles. The first-order valence-electron chi connectivity index (χ1n) is 6.95. The van der Waals surface area contributed by atoms with E-state index >= 15 is 0 Å². The van der Waals surface area contributed by atoms with Crippen LogP contribution in [0.2, 0.25) is 0 Å². The molecule has 3 N–H and O–H groups in total. The fraction of sp³-hybridized carbons (Fsp3) is 0.500. The number of imide groups is 1. The summed E-state index contributed by atoms with van der Waals surface area (Å²) >= 11 is 0. The molecule has 0 bridgehead atoms. The first-order valence-corrected chi connectivity index (χ1v) is 6.95. The minimum absolute atomic E-state index is 0.0551. The topological polar surface area (TPSA) is 91.1 Å². The molecule has 2 unspecified atom stereocenters. The second-order valence-corrected chi connectivity index (χ2v) is 5.37. The lowest BCUT2D eigenvalue weighted by atomic mass is 9.90. The highest BCUT2D eigenvalue weighted by molar-refractivity contribution is 6.00. The van der Waals surface area contributed by atoms with Gasteiger partial charge in [-0.05, 0) is 31.2 Å². The van der Waals surface area contributed by atoms with Crippen molar-refractivity contribution in [3.8, 4) is 0 Å². The first kappa shape index (κ1) is 13.1. The first-order chi connectivity index (χ1) is 9.63. The second-order valence-electron chi connectivity index (χ2n) is 5.37. The number of aryl methyl sites for hydroxylation is 1. The van der Waals surface area contributed by atoms with Gasteiger partial charge in [-0.15, -0.1) is 0 Å². The van der Waals surface area contributed by atoms with Gasteiger partial charge in [-0.2, -0.15) is 0 Å². The molecule has 1 aromatic rings. The lowest BCUT2D eigenvalue weighted by molar-refractivity contribution is -0.134. The summed E-state index contributed by atoms with van der Waals surface area (Å²) in [6.45, 7) is 0. The van der Waals surface area contributed by atoms with Gasteiger partial charge in [0.2, 0.25) is 17.4 Å². The molecule has 6 nitrogen and oxygen atoms in total. The summed E-state index contributed by atoms with van der Waals surface area (Å²) in [5.41, 5.74) is 1.92. The Balaban J connectivity index is 1.78. The van der Waals surface area contributed by atoms with E-state index in [1.165, 1.54) is 6.07 Å². The van der Waals surface area contributed by atoms with E-state index in [1.54, 1.807) is 0 Å². The largest absolute Gasteiger partial charge is 0.326 e. The van der Waals surface area contributed by atoms with Crippen molar-refractivity contribution in [3.05, 3.63) is 33.7 Å². The molecular formula is C14H17N3O3. The third-order valence-electron chi connectivity index (χ3n) is 3.97. The standard InChI is InChI=1S/C14H17N3O3/c18-12-6-4-8-9(2-1-3-10(8)16-12)15-11-5-7-13(19)17-14(11)20/h4,6,9,11,15H,1-3,5,7H2,(H,16,18)(H,17,19,20). The van der Waals surface area contributed by atoms with Crippen LogP contribution in [-0.2, 0) is 16.0 Å². The van der Waals surface area contributed by atoms with E-state index in [0.717, 1.165) is 30.5 Å². The maximum Gasteiger partial charge on any atom is 0.248 e. The number of pyridine rings is 1. The van der Waals surface area contributed by atoms with Crippen LogP contribution in [-0.4, -0.2) is 22.8 Å². The Morgan fingerprint density at radius 1 is 1.05 bits per heavy atom. The van der Waals surface area contributed by atoms with Crippen LogP contribution >= 0.6 is 0 Å². The van der Waals surface area contributed by atoms with Gasteiger partial charge in [0.25, 0.3) is 0 Å². The zero-order chi connectivity index (χ0) is 14.1. The van der Waals surface area contributed by atoms with Crippen LogP contribution < -0.4 is 16.2 Å². The summed E-state index contributed by atoms with van der Waals surface area (Å²) in [5.74, 6) is -0.459. The number of fused-ring (bicyclic) bond motifs is 1. The Morgan fingerprint density at radius 2 is 1.90 bits per heavy atom. The third kappa shape index (κ3) is 2.51. The molecule has 0 radical (unpaired) electrons. The van der Waals surface area contributed by atoms with E-state index in [9.17, 15) is 14.4 Å². The van der Waals surface area contributed by atoms with Crippen molar-refractivity contribution >= 4 is 11.8 Å². The molecule has 3 rings (SSSR count). The van der Waals surface area contributed by atoms with E-state index < -0.39 is 0 Å². The summed E-state index contributed by atoms with van der Waals surface area (Å²) in [4.78, 5) is 37.2. The van der Waals surface area contributed by atoms with Crippen molar-refractivity contribution in [3.63, 3.8) is 0 Å². The van der Waals surface area contributed by atoms with Gasteiger partial charge in [0, 0.05) is 24.2 Å². The minimum Gasteiger partial charge on any atom is -0.326 e. The van der Waals surface area contributed by atoms with Crippen LogP contribution in [0.5, 0.6) is 0 Å². The molecule has 2 heterocycles. The minimum atomic E-state index is -0.337. The molecule has 2 aliphatic rings. The van der Waals surface area contributed by atoms with Crippen molar-refractivity contribution in [2.24, 2.45) is 0 Å². The maximum atomic E-state index is 11.8. The molecule has 1 fully saturated rings. The Bertz CT molecular complexity index is 608. The molecule has 1 saturated heterocycles. The van der Waals surface area contributed by atoms with Crippen molar-refractivity contribution in [1.29, 1.82) is 0 Å². The van der Waals surface area contributed by atoms with Crippen LogP contribution in [0.3, 0.4) is 0 Å². The van der Waals surface area contributed by atoms with E-state index in [0.29, 0.717) is 12.8 Å². The highest BCUT2D eigenvalue weighted by Crippen LogP contribution is 2.28. The molecule has 0 aromatic carbocycles. The number of amides is 2. The molecule has 0 saturated carbocycles. The van der Waals surface area contributed by atoms with Crippen molar-refractivity contribution in [2.75, 3.05) is 0 Å². The van der Waals surface area contributed by atoms with Crippen molar-refractivity contribution in [1.82, 2.24) is 15.6 Å². The van der Waals surface area contributed by atoms with E-state index in [2.05, 4.69) is 15.6 Å².